The fourth-order valence-electron chi connectivity index (χ4n) is 3.74. The number of nitrogens with one attached hydrogen (secondary N) is 2. The molecular weight excluding hydrogens is 248 g/mol. The van der Waals surface area contributed by atoms with Crippen molar-refractivity contribution in [1.29, 1.82) is 0 Å². The summed E-state index contributed by atoms with van der Waals surface area (Å²) in [5.41, 5.74) is 1.03. The van der Waals surface area contributed by atoms with E-state index in [0.29, 0.717) is 0 Å². The zero-order valence-electron chi connectivity index (χ0n) is 12.4. The Morgan fingerprint density at radius 3 is 2.40 bits per heavy atom. The average Bonchev–Trinajstić information content (AvgIpc) is 2.87. The van der Waals surface area contributed by atoms with Crippen LogP contribution in [0.15, 0.2) is 30.3 Å². The molecule has 1 atom stereocenters. The summed E-state index contributed by atoms with van der Waals surface area (Å²) in [6.45, 7) is 5.19. The maximum atomic E-state index is 12.6. The highest BCUT2D eigenvalue weighted by Crippen LogP contribution is 2.34. The Kier molecular flexibility index (Phi) is 3.33. The van der Waals surface area contributed by atoms with E-state index < -0.39 is 0 Å². The molecule has 20 heavy (non-hydrogen) atoms. The third-order valence-corrected chi connectivity index (χ3v) is 5.10. The van der Waals surface area contributed by atoms with Crippen molar-refractivity contribution in [2.24, 2.45) is 0 Å². The summed E-state index contributed by atoms with van der Waals surface area (Å²) in [6, 6.07) is 10.1. The molecule has 3 heteroatoms. The van der Waals surface area contributed by atoms with Gasteiger partial charge in [0.2, 0.25) is 5.91 Å². The summed E-state index contributed by atoms with van der Waals surface area (Å²) in [4.78, 5) is 12.6. The van der Waals surface area contributed by atoms with Gasteiger partial charge in [0.15, 0.2) is 0 Å². The maximum Gasteiger partial charge on any atom is 0.238 e. The number of rotatable bonds is 2. The van der Waals surface area contributed by atoms with Crippen LogP contribution in [0.2, 0.25) is 0 Å². The van der Waals surface area contributed by atoms with Crippen molar-refractivity contribution in [3.63, 3.8) is 0 Å². The smallest absolute Gasteiger partial charge is 0.238 e. The number of amides is 1. The summed E-state index contributed by atoms with van der Waals surface area (Å²) in [5, 5.41) is 6.84. The first kappa shape index (κ1) is 13.6. The van der Waals surface area contributed by atoms with Crippen LogP contribution in [0.5, 0.6) is 0 Å². The SMILES string of the molecule is CC(C)(c1ccccc1)C1NCC2(CCCC2)NC1=O. The van der Waals surface area contributed by atoms with E-state index in [2.05, 4.69) is 36.6 Å². The van der Waals surface area contributed by atoms with Crippen molar-refractivity contribution in [3.05, 3.63) is 35.9 Å². The van der Waals surface area contributed by atoms with Crippen molar-refractivity contribution < 1.29 is 4.79 Å². The number of carbonyl (C=O) groups excluding carboxylic acids is 1. The molecule has 0 radical (unpaired) electrons. The molecule has 1 saturated carbocycles. The standard InChI is InChI=1S/C17H24N2O/c1-16(2,13-8-4-3-5-9-13)14-15(20)19-17(12-18-14)10-6-7-11-17/h3-5,8-9,14,18H,6-7,10-12H2,1-2H3,(H,19,20). The minimum atomic E-state index is -0.203. The van der Waals surface area contributed by atoms with Crippen LogP contribution in [0.25, 0.3) is 0 Å². The van der Waals surface area contributed by atoms with Gasteiger partial charge in [-0.2, -0.15) is 0 Å². The third-order valence-electron chi connectivity index (χ3n) is 5.10. The highest BCUT2D eigenvalue weighted by molar-refractivity contribution is 5.85. The molecule has 2 aliphatic rings. The van der Waals surface area contributed by atoms with E-state index in [0.717, 1.165) is 19.4 Å². The number of hydrogen-bond donors (Lipinski definition) is 2. The number of carbonyl (C=O) groups is 1. The van der Waals surface area contributed by atoms with Crippen LogP contribution < -0.4 is 10.6 Å². The lowest BCUT2D eigenvalue weighted by atomic mass is 9.75. The van der Waals surface area contributed by atoms with Gasteiger partial charge in [-0.1, -0.05) is 57.0 Å². The molecule has 1 heterocycles. The number of piperazine rings is 1. The Hall–Kier alpha value is -1.35. The van der Waals surface area contributed by atoms with Crippen LogP contribution in [-0.2, 0) is 10.2 Å². The molecule has 3 rings (SSSR count). The van der Waals surface area contributed by atoms with E-state index in [1.165, 1.54) is 18.4 Å². The van der Waals surface area contributed by atoms with Crippen molar-refractivity contribution in [3.8, 4) is 0 Å². The predicted molar refractivity (Wildman–Crippen MR) is 80.6 cm³/mol. The maximum absolute atomic E-state index is 12.6. The van der Waals surface area contributed by atoms with E-state index in [1.54, 1.807) is 0 Å². The minimum absolute atomic E-state index is 0.0281. The molecule has 1 aromatic rings. The Morgan fingerprint density at radius 2 is 1.80 bits per heavy atom. The molecule has 1 aliphatic carbocycles. The monoisotopic (exact) mass is 272 g/mol. The Bertz CT molecular complexity index is 489. The van der Waals surface area contributed by atoms with Crippen molar-refractivity contribution in [2.75, 3.05) is 6.54 Å². The molecule has 1 aliphatic heterocycles. The van der Waals surface area contributed by atoms with Crippen LogP contribution in [0.4, 0.5) is 0 Å². The van der Waals surface area contributed by atoms with Crippen molar-refractivity contribution in [2.45, 2.75) is 56.5 Å². The molecule has 2 N–H and O–H groups in total. The molecule has 1 saturated heterocycles. The summed E-state index contributed by atoms with van der Waals surface area (Å²) >= 11 is 0. The van der Waals surface area contributed by atoms with Gasteiger partial charge in [0.1, 0.15) is 0 Å². The van der Waals surface area contributed by atoms with E-state index >= 15 is 0 Å². The Morgan fingerprint density at radius 1 is 1.15 bits per heavy atom. The van der Waals surface area contributed by atoms with Crippen LogP contribution >= 0.6 is 0 Å². The van der Waals surface area contributed by atoms with Gasteiger partial charge in [-0.05, 0) is 18.4 Å². The lowest BCUT2D eigenvalue weighted by Gasteiger charge is -2.44. The van der Waals surface area contributed by atoms with Gasteiger partial charge in [0.25, 0.3) is 0 Å². The minimum Gasteiger partial charge on any atom is -0.348 e. The van der Waals surface area contributed by atoms with Crippen LogP contribution in [0.3, 0.4) is 0 Å². The van der Waals surface area contributed by atoms with Gasteiger partial charge < -0.3 is 10.6 Å². The second-order valence-corrected chi connectivity index (χ2v) is 6.88. The zero-order chi connectivity index (χ0) is 14.2. The van der Waals surface area contributed by atoms with Crippen molar-refractivity contribution >= 4 is 5.91 Å². The van der Waals surface area contributed by atoms with Gasteiger partial charge in [0.05, 0.1) is 11.6 Å². The molecule has 108 valence electrons. The molecule has 1 spiro atoms. The predicted octanol–water partition coefficient (Wildman–Crippen LogP) is 2.37. The van der Waals surface area contributed by atoms with Crippen LogP contribution in [-0.4, -0.2) is 24.0 Å². The first-order valence-corrected chi connectivity index (χ1v) is 7.65. The molecular formula is C17H24N2O. The zero-order valence-corrected chi connectivity index (χ0v) is 12.4. The molecule has 1 aromatic carbocycles. The molecule has 3 nitrogen and oxygen atoms in total. The highest BCUT2D eigenvalue weighted by Gasteiger charge is 2.46. The Balaban J connectivity index is 1.80. The number of hydrogen-bond acceptors (Lipinski definition) is 2. The quantitative estimate of drug-likeness (QED) is 0.868. The van der Waals surface area contributed by atoms with Gasteiger partial charge in [-0.25, -0.2) is 0 Å². The van der Waals surface area contributed by atoms with Gasteiger partial charge >= 0.3 is 0 Å². The molecule has 1 unspecified atom stereocenters. The second kappa shape index (κ2) is 4.88. The lowest BCUT2D eigenvalue weighted by molar-refractivity contribution is -0.129. The topological polar surface area (TPSA) is 41.1 Å². The van der Waals surface area contributed by atoms with Gasteiger partial charge in [0, 0.05) is 12.0 Å². The first-order valence-electron chi connectivity index (χ1n) is 7.65. The fourth-order valence-corrected chi connectivity index (χ4v) is 3.74. The Labute approximate surface area is 121 Å². The van der Waals surface area contributed by atoms with Crippen molar-refractivity contribution in [1.82, 2.24) is 10.6 Å². The lowest BCUT2D eigenvalue weighted by Crippen LogP contribution is -2.68. The van der Waals surface area contributed by atoms with E-state index in [9.17, 15) is 4.79 Å². The van der Waals surface area contributed by atoms with E-state index in [4.69, 9.17) is 0 Å². The normalized spacial score (nSPS) is 25.7. The first-order chi connectivity index (χ1) is 9.54. The van der Waals surface area contributed by atoms with E-state index in [1.807, 2.05) is 18.2 Å². The van der Waals surface area contributed by atoms with Gasteiger partial charge in [-0.15, -0.1) is 0 Å². The summed E-state index contributed by atoms with van der Waals surface area (Å²) in [6.07, 6.45) is 4.69. The molecule has 2 fully saturated rings. The van der Waals surface area contributed by atoms with E-state index in [-0.39, 0.29) is 22.9 Å². The summed E-state index contributed by atoms with van der Waals surface area (Å²) < 4.78 is 0. The van der Waals surface area contributed by atoms with Gasteiger partial charge in [-0.3, -0.25) is 4.79 Å². The largest absolute Gasteiger partial charge is 0.348 e. The summed E-state index contributed by atoms with van der Waals surface area (Å²) in [5.74, 6) is 0.159. The number of benzene rings is 1. The fraction of sp³-hybridized carbons (Fsp3) is 0.588. The summed E-state index contributed by atoms with van der Waals surface area (Å²) in [7, 11) is 0. The van der Waals surface area contributed by atoms with Crippen LogP contribution in [0.1, 0.15) is 45.1 Å². The molecule has 0 bridgehead atoms. The third kappa shape index (κ3) is 2.24. The average molecular weight is 272 g/mol. The molecule has 1 amide bonds. The van der Waals surface area contributed by atoms with Crippen LogP contribution in [0, 0.1) is 0 Å². The highest BCUT2D eigenvalue weighted by atomic mass is 16.2. The second-order valence-electron chi connectivity index (χ2n) is 6.88. The molecule has 0 aromatic heterocycles.